The van der Waals surface area contributed by atoms with Crippen molar-refractivity contribution in [1.29, 1.82) is 0 Å². The van der Waals surface area contributed by atoms with Gasteiger partial charge in [-0.05, 0) is 74.4 Å². The summed E-state index contributed by atoms with van der Waals surface area (Å²) in [7, 11) is 1.64. The Morgan fingerprint density at radius 3 is 2.48 bits per heavy atom. The van der Waals surface area contributed by atoms with Crippen LogP contribution in [-0.4, -0.2) is 41.2 Å². The molecule has 16 heteroatoms. The Balaban J connectivity index is 1.37. The Kier molecular flexibility index (Phi) is 8.53. The van der Waals surface area contributed by atoms with Crippen LogP contribution in [-0.2, 0) is 30.7 Å². The molecule has 0 unspecified atom stereocenters. The fraction of sp³-hybridized carbons (Fsp3) is 0.333. The quantitative estimate of drug-likeness (QED) is 0.120. The smallest absolute Gasteiger partial charge is 0.293 e. The van der Waals surface area contributed by atoms with Crippen molar-refractivity contribution in [3.05, 3.63) is 93.0 Å². The van der Waals surface area contributed by atoms with Crippen molar-refractivity contribution >= 4 is 34.2 Å². The Morgan fingerprint density at radius 2 is 1.81 bits per heavy atom. The molecule has 7 rings (SSSR count). The van der Waals surface area contributed by atoms with E-state index in [1.165, 1.54) is 18.5 Å². The van der Waals surface area contributed by atoms with Gasteiger partial charge in [-0.2, -0.15) is 19.0 Å². The highest BCUT2D eigenvalue weighted by Gasteiger charge is 2.67. The van der Waals surface area contributed by atoms with Gasteiger partial charge in [0.25, 0.3) is 12.3 Å². The zero-order valence-electron chi connectivity index (χ0n) is 27.8. The van der Waals surface area contributed by atoms with Gasteiger partial charge in [0.15, 0.2) is 5.82 Å². The number of nitrogens with two attached hydrogens (primary N) is 1. The van der Waals surface area contributed by atoms with Crippen LogP contribution in [0.2, 0.25) is 5.02 Å². The average Bonchev–Trinajstić information content (AvgIpc) is 3.60. The number of nitrogen functional groups attached to an aromatic ring is 1. The molecule has 270 valence electrons. The highest BCUT2D eigenvalue weighted by Crippen LogP contribution is 2.68. The van der Waals surface area contributed by atoms with Crippen LogP contribution in [0.4, 0.5) is 32.2 Å². The van der Waals surface area contributed by atoms with E-state index in [2.05, 4.69) is 27.4 Å². The second-order valence-corrected chi connectivity index (χ2v) is 14.0. The number of alkyl halides is 4. The van der Waals surface area contributed by atoms with Gasteiger partial charge in [-0.3, -0.25) is 14.2 Å². The molecular formula is C36H30ClF6N7O2. The third-order valence-corrected chi connectivity index (χ3v) is 9.48. The Hall–Kier alpha value is -5.07. The molecule has 4 N–H and O–H groups in total. The summed E-state index contributed by atoms with van der Waals surface area (Å²) in [5.41, 5.74) is 4.75. The lowest BCUT2D eigenvalue weighted by Crippen LogP contribution is -2.35. The van der Waals surface area contributed by atoms with E-state index in [0.717, 1.165) is 12.1 Å². The van der Waals surface area contributed by atoms with Crippen molar-refractivity contribution in [3.63, 3.8) is 0 Å². The van der Waals surface area contributed by atoms with Crippen molar-refractivity contribution in [2.45, 2.75) is 63.1 Å². The number of nitrogens with zero attached hydrogens (tertiary/aromatic N) is 5. The lowest BCUT2D eigenvalue weighted by Gasteiger charge is -2.23. The number of carbonyl (C=O) groups excluding carboxylic acids is 1. The minimum Gasteiger partial charge on any atom is -0.382 e. The average molecular weight is 742 g/mol. The lowest BCUT2D eigenvalue weighted by atomic mass is 9.93. The van der Waals surface area contributed by atoms with Crippen LogP contribution in [0.5, 0.6) is 0 Å². The number of carbonyl (C=O) groups is 1. The maximum atomic E-state index is 15.3. The molecule has 5 aromatic rings. The molecule has 0 aliphatic heterocycles. The van der Waals surface area contributed by atoms with Gasteiger partial charge >= 0.3 is 0 Å². The number of halogens is 7. The van der Waals surface area contributed by atoms with Crippen LogP contribution in [0.3, 0.4) is 0 Å². The number of rotatable bonds is 8. The maximum Gasteiger partial charge on any atom is 0.293 e. The number of nitrogens with one attached hydrogen (secondary N) is 1. The fourth-order valence-electron chi connectivity index (χ4n) is 7.01. The van der Waals surface area contributed by atoms with Gasteiger partial charge in [-0.15, -0.1) is 0 Å². The van der Waals surface area contributed by atoms with Crippen LogP contribution in [0.25, 0.3) is 22.0 Å². The molecule has 1 amide bonds. The van der Waals surface area contributed by atoms with Crippen LogP contribution in [0, 0.1) is 29.4 Å². The molecule has 0 saturated heterocycles. The van der Waals surface area contributed by atoms with E-state index in [1.807, 2.05) is 0 Å². The minimum atomic E-state index is -3.47. The van der Waals surface area contributed by atoms with E-state index >= 15 is 8.78 Å². The molecule has 0 bridgehead atoms. The standard InChI is InChI=1S/C36H30ClF6N7O2/c1-35(2,52)9-8-19-4-5-20(21-6-7-24(37)28-31(21)49(3)48-34(28)44)29(45-19)25(12-16-10-17(38)13-18(39)11-16)46-26(51)15-50-32-27(30(47-50)33(40)41)22-14-23(22)36(32,42)43/h4-7,10-11,13,22-23,25,33,52H,12,14-15H2,1-3H3,(H2,44,48)(H,46,51)/t22-,23+,25-/m0/s1. The topological polar surface area (TPSA) is 124 Å². The Morgan fingerprint density at radius 1 is 1.12 bits per heavy atom. The maximum absolute atomic E-state index is 15.3. The normalized spacial score (nSPS) is 17.8. The van der Waals surface area contributed by atoms with Gasteiger partial charge in [0.05, 0.1) is 27.7 Å². The monoisotopic (exact) mass is 741 g/mol. The van der Waals surface area contributed by atoms with E-state index in [4.69, 9.17) is 22.3 Å². The summed E-state index contributed by atoms with van der Waals surface area (Å²) in [4.78, 5) is 18.5. The molecule has 3 heterocycles. The van der Waals surface area contributed by atoms with Crippen LogP contribution in [0.15, 0.2) is 42.5 Å². The van der Waals surface area contributed by atoms with Gasteiger partial charge in [-0.25, -0.2) is 22.5 Å². The second-order valence-electron chi connectivity index (χ2n) is 13.5. The van der Waals surface area contributed by atoms with Crippen molar-refractivity contribution < 1.29 is 36.2 Å². The Labute approximate surface area is 297 Å². The molecular weight excluding hydrogens is 712 g/mol. The molecule has 2 aliphatic rings. The zero-order valence-corrected chi connectivity index (χ0v) is 28.5. The molecule has 1 fully saturated rings. The number of pyridine rings is 1. The van der Waals surface area contributed by atoms with Gasteiger partial charge in [0.2, 0.25) is 5.91 Å². The highest BCUT2D eigenvalue weighted by atomic mass is 35.5. The van der Waals surface area contributed by atoms with E-state index in [1.54, 1.807) is 31.3 Å². The highest BCUT2D eigenvalue weighted by molar-refractivity contribution is 6.37. The van der Waals surface area contributed by atoms with Gasteiger partial charge in [-0.1, -0.05) is 23.6 Å². The first-order chi connectivity index (χ1) is 24.4. The summed E-state index contributed by atoms with van der Waals surface area (Å²) in [5, 5.41) is 21.8. The number of fused-ring (bicyclic) bond motifs is 4. The van der Waals surface area contributed by atoms with Crippen LogP contribution < -0.4 is 11.1 Å². The third kappa shape index (κ3) is 6.34. The van der Waals surface area contributed by atoms with Crippen LogP contribution in [0.1, 0.15) is 72.6 Å². The van der Waals surface area contributed by atoms with Crippen molar-refractivity contribution in [1.82, 2.24) is 29.9 Å². The number of aryl methyl sites for hydroxylation is 1. The first kappa shape index (κ1) is 35.3. The second kappa shape index (κ2) is 12.6. The fourth-order valence-corrected chi connectivity index (χ4v) is 7.26. The summed E-state index contributed by atoms with van der Waals surface area (Å²) in [6.07, 6.45) is -3.36. The predicted octanol–water partition coefficient (Wildman–Crippen LogP) is 6.71. The molecule has 9 nitrogen and oxygen atoms in total. The molecule has 52 heavy (non-hydrogen) atoms. The minimum absolute atomic E-state index is 0.0469. The van der Waals surface area contributed by atoms with Crippen molar-refractivity contribution in [2.75, 3.05) is 5.73 Å². The summed E-state index contributed by atoms with van der Waals surface area (Å²) in [6, 6.07) is 8.02. The Bertz CT molecular complexity index is 2320. The first-order valence-electron chi connectivity index (χ1n) is 16.1. The first-order valence-corrected chi connectivity index (χ1v) is 16.5. The molecule has 0 radical (unpaired) electrons. The summed E-state index contributed by atoms with van der Waals surface area (Å²) < 4.78 is 89.5. The largest absolute Gasteiger partial charge is 0.382 e. The van der Waals surface area contributed by atoms with Crippen molar-refractivity contribution in [3.8, 4) is 23.0 Å². The number of aromatic nitrogens is 5. The summed E-state index contributed by atoms with van der Waals surface area (Å²) >= 11 is 6.50. The summed E-state index contributed by atoms with van der Waals surface area (Å²) in [5.74, 6) is -2.49. The summed E-state index contributed by atoms with van der Waals surface area (Å²) in [6.45, 7) is 2.06. The number of hydrogen-bond donors (Lipinski definition) is 3. The van der Waals surface area contributed by atoms with Gasteiger partial charge in [0.1, 0.15) is 40.9 Å². The van der Waals surface area contributed by atoms with Crippen molar-refractivity contribution in [2.24, 2.45) is 13.0 Å². The van der Waals surface area contributed by atoms with Gasteiger partial charge < -0.3 is 16.2 Å². The SMILES string of the molecule is Cn1nc(N)c2c(Cl)ccc(-c3ccc(C#CC(C)(C)O)nc3[C@H](Cc3cc(F)cc(F)c3)NC(=O)Cn3nc(C(F)F)c4c3C(F)(F)[C@@H]3C[C@H]43)c21. The predicted molar refractivity (Wildman–Crippen MR) is 179 cm³/mol. The van der Waals surface area contributed by atoms with E-state index in [0.29, 0.717) is 37.8 Å². The molecule has 3 atom stereocenters. The lowest BCUT2D eigenvalue weighted by molar-refractivity contribution is -0.123. The molecule has 2 aromatic carbocycles. The van der Waals surface area contributed by atoms with E-state index < -0.39 is 71.3 Å². The number of aliphatic hydroxyl groups is 1. The number of anilines is 1. The number of hydrogen-bond acceptors (Lipinski definition) is 6. The van der Waals surface area contributed by atoms with E-state index in [9.17, 15) is 27.5 Å². The number of benzene rings is 2. The van der Waals surface area contributed by atoms with E-state index in [-0.39, 0.29) is 41.2 Å². The van der Waals surface area contributed by atoms with Gasteiger partial charge in [0, 0.05) is 35.7 Å². The molecule has 2 aliphatic carbocycles. The van der Waals surface area contributed by atoms with Crippen LogP contribution >= 0.6 is 11.6 Å². The molecule has 3 aromatic heterocycles. The third-order valence-electron chi connectivity index (χ3n) is 9.16. The zero-order chi connectivity index (χ0) is 37.4. The molecule has 0 spiro atoms. The number of amides is 1. The molecule has 1 saturated carbocycles.